The molecule has 1 unspecified atom stereocenters. The molecule has 1 amide bonds. The summed E-state index contributed by atoms with van der Waals surface area (Å²) >= 11 is 0. The molecule has 3 rings (SSSR count). The summed E-state index contributed by atoms with van der Waals surface area (Å²) in [6.45, 7) is 6.08. The van der Waals surface area contributed by atoms with Crippen LogP contribution in [0.5, 0.6) is 5.75 Å². The third kappa shape index (κ3) is 6.23. The van der Waals surface area contributed by atoms with Crippen LogP contribution in [0.15, 0.2) is 53.5 Å². The van der Waals surface area contributed by atoms with E-state index in [1.807, 2.05) is 43.3 Å². The number of likely N-dealkylation sites (tertiary alicyclic amines) is 1. The number of amides is 1. The van der Waals surface area contributed by atoms with E-state index >= 15 is 0 Å². The molecule has 2 aromatic rings. The van der Waals surface area contributed by atoms with Crippen molar-refractivity contribution in [2.75, 3.05) is 40.3 Å². The average Bonchev–Trinajstić information content (AvgIpc) is 3.36. The second-order valence-corrected chi connectivity index (χ2v) is 7.86. The van der Waals surface area contributed by atoms with Gasteiger partial charge in [0.25, 0.3) is 5.91 Å². The molecule has 1 heterocycles. The van der Waals surface area contributed by atoms with Gasteiger partial charge in [-0.3, -0.25) is 14.7 Å². The van der Waals surface area contributed by atoms with Gasteiger partial charge in [0.15, 0.2) is 5.96 Å². The maximum Gasteiger partial charge on any atom is 0.251 e. The van der Waals surface area contributed by atoms with E-state index in [0.717, 1.165) is 36.9 Å². The third-order valence-electron chi connectivity index (χ3n) is 5.78. The number of aliphatic imine (C=N–C) groups is 1. The number of rotatable bonds is 9. The Morgan fingerprint density at radius 1 is 1.06 bits per heavy atom. The highest BCUT2D eigenvalue weighted by Gasteiger charge is 2.26. The number of guanidine groups is 1. The van der Waals surface area contributed by atoms with Crippen molar-refractivity contribution in [1.82, 2.24) is 20.9 Å². The summed E-state index contributed by atoms with van der Waals surface area (Å²) in [6, 6.07) is 16.1. The number of benzene rings is 2. The quantitative estimate of drug-likeness (QED) is 0.415. The Bertz CT molecular complexity index is 891. The first kappa shape index (κ1) is 23.6. The number of nitrogens with zero attached hydrogens (tertiary/aromatic N) is 2. The van der Waals surface area contributed by atoms with Crippen LogP contribution in [0.3, 0.4) is 0 Å². The summed E-state index contributed by atoms with van der Waals surface area (Å²) in [7, 11) is 3.51. The summed E-state index contributed by atoms with van der Waals surface area (Å²) < 4.78 is 5.64. The van der Waals surface area contributed by atoms with Crippen LogP contribution in [0, 0.1) is 0 Å². The summed E-state index contributed by atoms with van der Waals surface area (Å²) in [5.74, 6) is 1.62. The van der Waals surface area contributed by atoms with Gasteiger partial charge in [0.1, 0.15) is 5.75 Å². The molecule has 2 aromatic carbocycles. The fourth-order valence-corrected chi connectivity index (χ4v) is 4.07. The highest BCUT2D eigenvalue weighted by Crippen LogP contribution is 2.31. The van der Waals surface area contributed by atoms with Crippen LogP contribution in [0.1, 0.15) is 47.3 Å². The number of hydrogen-bond acceptors (Lipinski definition) is 4. The van der Waals surface area contributed by atoms with Crippen LogP contribution in [-0.2, 0) is 6.54 Å². The van der Waals surface area contributed by atoms with Gasteiger partial charge in [0.2, 0.25) is 0 Å². The Labute approximate surface area is 191 Å². The molecule has 1 aliphatic heterocycles. The zero-order chi connectivity index (χ0) is 22.8. The highest BCUT2D eigenvalue weighted by atomic mass is 16.5. The summed E-state index contributed by atoms with van der Waals surface area (Å²) in [6.07, 6.45) is 2.45. The van der Waals surface area contributed by atoms with Crippen LogP contribution in [0.4, 0.5) is 0 Å². The fraction of sp³-hybridized carbons (Fsp3) is 0.440. The molecule has 7 nitrogen and oxygen atoms in total. The summed E-state index contributed by atoms with van der Waals surface area (Å²) in [5, 5.41) is 9.68. The van der Waals surface area contributed by atoms with Crippen molar-refractivity contribution >= 4 is 11.9 Å². The first-order chi connectivity index (χ1) is 15.7. The standard InChI is InChI=1S/C25H35N5O2/c1-4-27-24(31)20-13-11-19(12-14-20)17-28-25(26-2)29-18-22(30-15-7-8-16-30)21-9-5-6-10-23(21)32-3/h5-6,9-14,22H,4,7-8,15-18H2,1-3H3,(H,27,31)(H2,26,28,29). The van der Waals surface area contributed by atoms with Crippen molar-refractivity contribution in [3.8, 4) is 5.75 Å². The summed E-state index contributed by atoms with van der Waals surface area (Å²) in [5.41, 5.74) is 2.95. The minimum atomic E-state index is -0.0474. The van der Waals surface area contributed by atoms with E-state index in [-0.39, 0.29) is 11.9 Å². The van der Waals surface area contributed by atoms with Gasteiger partial charge in [-0.05, 0) is 56.6 Å². The van der Waals surface area contributed by atoms with Gasteiger partial charge < -0.3 is 20.7 Å². The Kier molecular flexibility index (Phi) is 8.92. The van der Waals surface area contributed by atoms with E-state index in [0.29, 0.717) is 18.7 Å². The van der Waals surface area contributed by atoms with Gasteiger partial charge in [0, 0.05) is 37.8 Å². The van der Waals surface area contributed by atoms with Gasteiger partial charge in [-0.25, -0.2) is 0 Å². The van der Waals surface area contributed by atoms with Crippen molar-refractivity contribution in [3.05, 3.63) is 65.2 Å². The lowest BCUT2D eigenvalue weighted by Crippen LogP contribution is -2.42. The maximum absolute atomic E-state index is 11.9. The van der Waals surface area contributed by atoms with E-state index in [4.69, 9.17) is 4.74 Å². The number of carbonyl (C=O) groups excluding carboxylic acids is 1. The Morgan fingerprint density at radius 3 is 2.44 bits per heavy atom. The minimum absolute atomic E-state index is 0.0474. The van der Waals surface area contributed by atoms with Crippen molar-refractivity contribution in [2.24, 2.45) is 4.99 Å². The normalized spacial score (nSPS) is 15.3. The van der Waals surface area contributed by atoms with E-state index in [1.165, 1.54) is 18.4 Å². The molecular formula is C25H35N5O2. The minimum Gasteiger partial charge on any atom is -0.496 e. The van der Waals surface area contributed by atoms with Crippen LogP contribution < -0.4 is 20.7 Å². The van der Waals surface area contributed by atoms with Crippen LogP contribution >= 0.6 is 0 Å². The Hall–Kier alpha value is -3.06. The lowest BCUT2D eigenvalue weighted by atomic mass is 10.0. The molecule has 0 aromatic heterocycles. The molecule has 0 radical (unpaired) electrons. The van der Waals surface area contributed by atoms with E-state index in [2.05, 4.69) is 38.0 Å². The van der Waals surface area contributed by atoms with Gasteiger partial charge >= 0.3 is 0 Å². The third-order valence-corrected chi connectivity index (χ3v) is 5.78. The Balaban J connectivity index is 1.60. The SMILES string of the molecule is CCNC(=O)c1ccc(CNC(=NC)NCC(c2ccccc2OC)N2CCCC2)cc1. The predicted molar refractivity (Wildman–Crippen MR) is 129 cm³/mol. The second-order valence-electron chi connectivity index (χ2n) is 7.86. The lowest BCUT2D eigenvalue weighted by molar-refractivity contribution is 0.0956. The van der Waals surface area contributed by atoms with Gasteiger partial charge in [-0.2, -0.15) is 0 Å². The molecule has 1 saturated heterocycles. The summed E-state index contributed by atoms with van der Waals surface area (Å²) in [4.78, 5) is 18.8. The van der Waals surface area contributed by atoms with Crippen LogP contribution in [0.25, 0.3) is 0 Å². The monoisotopic (exact) mass is 437 g/mol. The van der Waals surface area contributed by atoms with Crippen LogP contribution in [-0.4, -0.2) is 57.1 Å². The first-order valence-corrected chi connectivity index (χ1v) is 11.3. The predicted octanol–water partition coefficient (Wildman–Crippen LogP) is 2.95. The van der Waals surface area contributed by atoms with Crippen LogP contribution in [0.2, 0.25) is 0 Å². The maximum atomic E-state index is 11.9. The van der Waals surface area contributed by atoms with Gasteiger partial charge in [-0.15, -0.1) is 0 Å². The molecule has 1 atom stereocenters. The molecule has 0 bridgehead atoms. The first-order valence-electron chi connectivity index (χ1n) is 11.3. The highest BCUT2D eigenvalue weighted by molar-refractivity contribution is 5.94. The number of hydrogen-bond donors (Lipinski definition) is 3. The van der Waals surface area contributed by atoms with Crippen molar-refractivity contribution in [2.45, 2.75) is 32.4 Å². The molecule has 32 heavy (non-hydrogen) atoms. The fourth-order valence-electron chi connectivity index (χ4n) is 4.07. The van der Waals surface area contributed by atoms with Gasteiger partial charge in [0.05, 0.1) is 13.2 Å². The molecule has 7 heteroatoms. The second kappa shape index (κ2) is 12.1. The lowest BCUT2D eigenvalue weighted by Gasteiger charge is -2.30. The molecular weight excluding hydrogens is 402 g/mol. The van der Waals surface area contributed by atoms with Gasteiger partial charge in [-0.1, -0.05) is 30.3 Å². The molecule has 3 N–H and O–H groups in total. The number of para-hydroxylation sites is 1. The number of methoxy groups -OCH3 is 1. The van der Waals surface area contributed by atoms with Crippen molar-refractivity contribution < 1.29 is 9.53 Å². The zero-order valence-corrected chi connectivity index (χ0v) is 19.4. The molecule has 172 valence electrons. The molecule has 0 saturated carbocycles. The number of ether oxygens (including phenoxy) is 1. The Morgan fingerprint density at radius 2 is 1.78 bits per heavy atom. The van der Waals surface area contributed by atoms with Crippen molar-refractivity contribution in [1.29, 1.82) is 0 Å². The van der Waals surface area contributed by atoms with E-state index < -0.39 is 0 Å². The topological polar surface area (TPSA) is 78.0 Å². The number of carbonyl (C=O) groups is 1. The largest absolute Gasteiger partial charge is 0.496 e. The van der Waals surface area contributed by atoms with E-state index in [1.54, 1.807) is 14.2 Å². The zero-order valence-electron chi connectivity index (χ0n) is 19.4. The van der Waals surface area contributed by atoms with E-state index in [9.17, 15) is 4.79 Å². The molecule has 0 aliphatic carbocycles. The molecule has 1 fully saturated rings. The average molecular weight is 438 g/mol. The van der Waals surface area contributed by atoms with Crippen molar-refractivity contribution in [3.63, 3.8) is 0 Å². The molecule has 1 aliphatic rings. The number of nitrogens with one attached hydrogen (secondary N) is 3. The molecule has 0 spiro atoms. The smallest absolute Gasteiger partial charge is 0.251 e.